The smallest absolute Gasteiger partial charge is 0.269 e. The number of ether oxygens (including phenoxy) is 1. The summed E-state index contributed by atoms with van der Waals surface area (Å²) in [5.74, 6) is 0. The van der Waals surface area contributed by atoms with Crippen molar-refractivity contribution < 1.29 is 9.66 Å². The molecular formula is C19H22N4O3S. The highest BCUT2D eigenvalue weighted by molar-refractivity contribution is 7.80. The zero-order valence-electron chi connectivity index (χ0n) is 14.8. The second-order valence-corrected chi connectivity index (χ2v) is 6.76. The van der Waals surface area contributed by atoms with Crippen LogP contribution in [-0.4, -0.2) is 47.3 Å². The Bertz CT molecular complexity index is 770. The molecule has 0 aliphatic carbocycles. The Morgan fingerprint density at radius 1 is 1.22 bits per heavy atom. The van der Waals surface area contributed by atoms with Crippen LogP contribution in [0.5, 0.6) is 0 Å². The molecule has 1 fully saturated rings. The van der Waals surface area contributed by atoms with Crippen molar-refractivity contribution in [2.75, 3.05) is 31.6 Å². The molecule has 7 nitrogen and oxygen atoms in total. The van der Waals surface area contributed by atoms with E-state index in [1.165, 1.54) is 17.7 Å². The lowest BCUT2D eigenvalue weighted by molar-refractivity contribution is -0.384. The lowest BCUT2D eigenvalue weighted by atomic mass is 10.2. The van der Waals surface area contributed by atoms with Gasteiger partial charge in [0.25, 0.3) is 5.69 Å². The van der Waals surface area contributed by atoms with E-state index in [-0.39, 0.29) is 11.8 Å². The van der Waals surface area contributed by atoms with Crippen molar-refractivity contribution in [3.05, 3.63) is 70.3 Å². The van der Waals surface area contributed by atoms with Gasteiger partial charge in [0.1, 0.15) is 0 Å². The predicted octanol–water partition coefficient (Wildman–Crippen LogP) is 2.78. The van der Waals surface area contributed by atoms with Gasteiger partial charge in [-0.25, -0.2) is 0 Å². The molecule has 2 aromatic carbocycles. The Morgan fingerprint density at radius 3 is 2.67 bits per heavy atom. The molecule has 1 atom stereocenters. The number of hydrogen-bond acceptors (Lipinski definition) is 5. The van der Waals surface area contributed by atoms with Gasteiger partial charge < -0.3 is 15.4 Å². The number of hydrogen-bond donors (Lipinski definition) is 2. The second kappa shape index (κ2) is 9.40. The molecule has 1 saturated heterocycles. The maximum Gasteiger partial charge on any atom is 0.269 e. The molecule has 0 radical (unpaired) electrons. The van der Waals surface area contributed by atoms with Crippen molar-refractivity contribution in [1.29, 1.82) is 0 Å². The fourth-order valence-corrected chi connectivity index (χ4v) is 3.14. The summed E-state index contributed by atoms with van der Waals surface area (Å²) in [6, 6.07) is 16.5. The minimum atomic E-state index is -0.429. The SMILES string of the molecule is O=[N+]([O-])c1ccc(NC(=S)NC[C@H]2CN(Cc3ccccc3)CCO2)cc1. The van der Waals surface area contributed by atoms with Crippen LogP contribution < -0.4 is 10.6 Å². The molecule has 2 N–H and O–H groups in total. The molecule has 8 heteroatoms. The quantitative estimate of drug-likeness (QED) is 0.449. The number of nitrogens with one attached hydrogen (secondary N) is 2. The second-order valence-electron chi connectivity index (χ2n) is 6.35. The Kier molecular flexibility index (Phi) is 6.69. The van der Waals surface area contributed by atoms with E-state index in [9.17, 15) is 10.1 Å². The lowest BCUT2D eigenvalue weighted by Crippen LogP contribution is -2.47. The van der Waals surface area contributed by atoms with Crippen molar-refractivity contribution in [2.45, 2.75) is 12.6 Å². The van der Waals surface area contributed by atoms with Gasteiger partial charge in [-0.05, 0) is 29.9 Å². The van der Waals surface area contributed by atoms with Crippen LogP contribution in [0, 0.1) is 10.1 Å². The van der Waals surface area contributed by atoms with E-state index in [1.54, 1.807) is 12.1 Å². The Balaban J connectivity index is 1.43. The van der Waals surface area contributed by atoms with E-state index >= 15 is 0 Å². The number of nitrogens with zero attached hydrogens (tertiary/aromatic N) is 2. The van der Waals surface area contributed by atoms with Gasteiger partial charge in [0.2, 0.25) is 0 Å². The van der Waals surface area contributed by atoms with Gasteiger partial charge in [-0.15, -0.1) is 0 Å². The van der Waals surface area contributed by atoms with Gasteiger partial charge in [0, 0.05) is 44.0 Å². The first kappa shape index (κ1) is 19.2. The summed E-state index contributed by atoms with van der Waals surface area (Å²) < 4.78 is 5.82. The zero-order valence-corrected chi connectivity index (χ0v) is 15.7. The number of nitro groups is 1. The maximum atomic E-state index is 10.7. The van der Waals surface area contributed by atoms with Crippen LogP contribution in [0.25, 0.3) is 0 Å². The fraction of sp³-hybridized carbons (Fsp3) is 0.316. The highest BCUT2D eigenvalue weighted by Crippen LogP contribution is 2.15. The number of non-ortho nitro benzene ring substituents is 1. The Morgan fingerprint density at radius 2 is 1.96 bits per heavy atom. The summed E-state index contributed by atoms with van der Waals surface area (Å²) in [5, 5.41) is 17.3. The molecule has 1 aliphatic heterocycles. The third-order valence-corrected chi connectivity index (χ3v) is 4.54. The minimum absolute atomic E-state index is 0.0496. The summed E-state index contributed by atoms with van der Waals surface area (Å²) in [4.78, 5) is 12.6. The third-order valence-electron chi connectivity index (χ3n) is 4.30. The molecule has 27 heavy (non-hydrogen) atoms. The van der Waals surface area contributed by atoms with Crippen molar-refractivity contribution in [3.63, 3.8) is 0 Å². The van der Waals surface area contributed by atoms with E-state index in [1.807, 2.05) is 6.07 Å². The van der Waals surface area contributed by atoms with E-state index in [2.05, 4.69) is 39.8 Å². The number of anilines is 1. The first-order valence-corrected chi connectivity index (χ1v) is 9.18. The molecule has 0 aromatic heterocycles. The summed E-state index contributed by atoms with van der Waals surface area (Å²) >= 11 is 5.30. The Hall–Kier alpha value is -2.55. The van der Waals surface area contributed by atoms with Gasteiger partial charge in [-0.1, -0.05) is 30.3 Å². The fourth-order valence-electron chi connectivity index (χ4n) is 2.94. The highest BCUT2D eigenvalue weighted by atomic mass is 32.1. The van der Waals surface area contributed by atoms with E-state index in [0.29, 0.717) is 24.0 Å². The van der Waals surface area contributed by atoms with Crippen LogP contribution in [0.3, 0.4) is 0 Å². The molecule has 3 rings (SSSR count). The standard InChI is InChI=1S/C19H22N4O3S/c24-23(25)17-8-6-16(7-9-17)21-19(27)20-12-18-14-22(10-11-26-18)13-15-4-2-1-3-5-15/h1-9,18H,10-14H2,(H2,20,21,27)/t18-/m0/s1. The van der Waals surface area contributed by atoms with Crippen LogP contribution >= 0.6 is 12.2 Å². The molecule has 0 spiro atoms. The number of benzene rings is 2. The van der Waals surface area contributed by atoms with Crippen molar-refractivity contribution in [1.82, 2.24) is 10.2 Å². The van der Waals surface area contributed by atoms with Crippen LogP contribution in [0.15, 0.2) is 54.6 Å². The van der Waals surface area contributed by atoms with Gasteiger partial charge >= 0.3 is 0 Å². The van der Waals surface area contributed by atoms with Gasteiger partial charge in [-0.2, -0.15) is 0 Å². The van der Waals surface area contributed by atoms with Gasteiger partial charge in [-0.3, -0.25) is 15.0 Å². The molecule has 0 bridgehead atoms. The minimum Gasteiger partial charge on any atom is -0.374 e. The van der Waals surface area contributed by atoms with Crippen LogP contribution in [-0.2, 0) is 11.3 Å². The van der Waals surface area contributed by atoms with Crippen LogP contribution in [0.1, 0.15) is 5.56 Å². The largest absolute Gasteiger partial charge is 0.374 e. The van der Waals surface area contributed by atoms with Gasteiger partial charge in [0.05, 0.1) is 17.6 Å². The molecule has 142 valence electrons. The molecule has 0 saturated carbocycles. The Labute approximate surface area is 163 Å². The maximum absolute atomic E-state index is 10.7. The monoisotopic (exact) mass is 386 g/mol. The van der Waals surface area contributed by atoms with E-state index in [0.717, 1.165) is 19.6 Å². The number of rotatable bonds is 6. The van der Waals surface area contributed by atoms with Crippen molar-refractivity contribution in [2.24, 2.45) is 0 Å². The first-order valence-electron chi connectivity index (χ1n) is 8.77. The van der Waals surface area contributed by atoms with E-state index in [4.69, 9.17) is 17.0 Å². The van der Waals surface area contributed by atoms with Crippen LogP contribution in [0.2, 0.25) is 0 Å². The molecule has 1 aliphatic rings. The topological polar surface area (TPSA) is 79.7 Å². The normalized spacial score (nSPS) is 17.3. The average Bonchev–Trinajstić information content (AvgIpc) is 2.68. The average molecular weight is 386 g/mol. The molecule has 2 aromatic rings. The number of nitro benzene ring substituents is 1. The summed E-state index contributed by atoms with van der Waals surface area (Å²) in [6.45, 7) is 3.96. The summed E-state index contributed by atoms with van der Waals surface area (Å²) in [6.07, 6.45) is 0.0547. The zero-order chi connectivity index (χ0) is 19.1. The first-order chi connectivity index (χ1) is 13.1. The predicted molar refractivity (Wildman–Crippen MR) is 109 cm³/mol. The number of thiocarbonyl (C=S) groups is 1. The number of morpholine rings is 1. The molecule has 0 amide bonds. The van der Waals surface area contributed by atoms with E-state index < -0.39 is 4.92 Å². The third kappa shape index (κ3) is 5.99. The molecular weight excluding hydrogens is 364 g/mol. The lowest BCUT2D eigenvalue weighted by Gasteiger charge is -2.33. The van der Waals surface area contributed by atoms with Crippen LogP contribution in [0.4, 0.5) is 11.4 Å². The summed E-state index contributed by atoms with van der Waals surface area (Å²) in [5.41, 5.74) is 2.04. The molecule has 1 heterocycles. The summed E-state index contributed by atoms with van der Waals surface area (Å²) in [7, 11) is 0. The van der Waals surface area contributed by atoms with Crippen molar-refractivity contribution >= 4 is 28.7 Å². The van der Waals surface area contributed by atoms with Gasteiger partial charge in [0.15, 0.2) is 5.11 Å². The van der Waals surface area contributed by atoms with Crippen molar-refractivity contribution in [3.8, 4) is 0 Å². The molecule has 0 unspecified atom stereocenters. The highest BCUT2D eigenvalue weighted by Gasteiger charge is 2.20.